The van der Waals surface area contributed by atoms with Crippen molar-refractivity contribution in [2.45, 2.75) is 25.8 Å². The average molecular weight is 362 g/mol. The Balaban J connectivity index is 1.59. The van der Waals surface area contributed by atoms with E-state index in [1.54, 1.807) is 6.07 Å². The molecule has 0 spiro atoms. The number of para-hydroxylation sites is 1. The summed E-state index contributed by atoms with van der Waals surface area (Å²) in [7, 11) is 0. The van der Waals surface area contributed by atoms with Crippen LogP contribution in [0.2, 0.25) is 0 Å². The van der Waals surface area contributed by atoms with Crippen molar-refractivity contribution >= 4 is 22.8 Å². The Morgan fingerprint density at radius 3 is 2.52 bits per heavy atom. The smallest absolute Gasteiger partial charge is 0.357 e. The Kier molecular flexibility index (Phi) is 6.15. The Bertz CT molecular complexity index is 925. The number of fused-ring (bicyclic) bond motifs is 1. The van der Waals surface area contributed by atoms with Gasteiger partial charge in [0.1, 0.15) is 5.69 Å². The number of carbonyl (C=O) groups excluding carboxylic acids is 2. The van der Waals surface area contributed by atoms with Crippen LogP contribution in [0.1, 0.15) is 41.9 Å². The SMILES string of the molecule is CCCC(NC(=O)COC(=O)c1ccc2ccccc2n1)c1ccccc1. The van der Waals surface area contributed by atoms with Crippen molar-refractivity contribution in [3.05, 3.63) is 78.0 Å². The number of nitrogens with one attached hydrogen (secondary N) is 1. The van der Waals surface area contributed by atoms with Crippen LogP contribution in [-0.2, 0) is 9.53 Å². The lowest BCUT2D eigenvalue weighted by Gasteiger charge is -2.18. The summed E-state index contributed by atoms with van der Waals surface area (Å²) in [6, 6.07) is 20.6. The molecule has 0 bridgehead atoms. The highest BCUT2D eigenvalue weighted by Crippen LogP contribution is 2.18. The summed E-state index contributed by atoms with van der Waals surface area (Å²) in [5.74, 6) is -0.936. The van der Waals surface area contributed by atoms with E-state index < -0.39 is 5.97 Å². The molecule has 0 saturated carbocycles. The van der Waals surface area contributed by atoms with Gasteiger partial charge in [-0.25, -0.2) is 9.78 Å². The summed E-state index contributed by atoms with van der Waals surface area (Å²) < 4.78 is 5.14. The van der Waals surface area contributed by atoms with Gasteiger partial charge in [0.05, 0.1) is 11.6 Å². The number of rotatable bonds is 7. The first-order valence-electron chi connectivity index (χ1n) is 9.04. The number of nitrogens with zero attached hydrogens (tertiary/aromatic N) is 1. The van der Waals surface area contributed by atoms with Crippen molar-refractivity contribution in [2.75, 3.05) is 6.61 Å². The second-order valence-corrected chi connectivity index (χ2v) is 6.28. The molecule has 0 saturated heterocycles. The molecule has 0 aliphatic heterocycles. The van der Waals surface area contributed by atoms with Gasteiger partial charge in [-0.2, -0.15) is 0 Å². The molecule has 1 unspecified atom stereocenters. The number of aromatic nitrogens is 1. The first-order chi connectivity index (χ1) is 13.2. The lowest BCUT2D eigenvalue weighted by molar-refractivity contribution is -0.125. The van der Waals surface area contributed by atoms with Gasteiger partial charge in [0, 0.05) is 5.39 Å². The zero-order valence-corrected chi connectivity index (χ0v) is 15.2. The topological polar surface area (TPSA) is 68.3 Å². The Labute approximate surface area is 158 Å². The molecule has 1 aromatic heterocycles. The van der Waals surface area contributed by atoms with Crippen LogP contribution in [-0.4, -0.2) is 23.5 Å². The van der Waals surface area contributed by atoms with E-state index in [2.05, 4.69) is 17.2 Å². The number of benzene rings is 2. The molecule has 1 amide bonds. The van der Waals surface area contributed by atoms with Crippen LogP contribution >= 0.6 is 0 Å². The van der Waals surface area contributed by atoms with Crippen molar-refractivity contribution in [1.29, 1.82) is 0 Å². The van der Waals surface area contributed by atoms with Crippen molar-refractivity contribution in [2.24, 2.45) is 0 Å². The zero-order chi connectivity index (χ0) is 19.1. The van der Waals surface area contributed by atoms with Gasteiger partial charge in [-0.3, -0.25) is 4.79 Å². The second kappa shape index (κ2) is 8.94. The summed E-state index contributed by atoms with van der Waals surface area (Å²) >= 11 is 0. The number of esters is 1. The highest BCUT2D eigenvalue weighted by atomic mass is 16.5. The van der Waals surface area contributed by atoms with Crippen LogP contribution in [0.25, 0.3) is 10.9 Å². The van der Waals surface area contributed by atoms with Crippen molar-refractivity contribution in [3.8, 4) is 0 Å². The van der Waals surface area contributed by atoms with Gasteiger partial charge < -0.3 is 10.1 Å². The predicted molar refractivity (Wildman–Crippen MR) is 104 cm³/mol. The monoisotopic (exact) mass is 362 g/mol. The van der Waals surface area contributed by atoms with Crippen molar-refractivity contribution < 1.29 is 14.3 Å². The maximum atomic E-state index is 12.2. The van der Waals surface area contributed by atoms with Crippen LogP contribution in [0.5, 0.6) is 0 Å². The standard InChI is InChI=1S/C22H22N2O3/c1-2-8-18(16-9-4-3-5-10-16)24-21(25)15-27-22(26)20-14-13-17-11-6-7-12-19(17)23-20/h3-7,9-14,18H,2,8,15H2,1H3,(H,24,25). The summed E-state index contributed by atoms with van der Waals surface area (Å²) in [4.78, 5) is 28.7. The van der Waals surface area contributed by atoms with Gasteiger partial charge in [0.25, 0.3) is 5.91 Å². The van der Waals surface area contributed by atoms with E-state index >= 15 is 0 Å². The van der Waals surface area contributed by atoms with Gasteiger partial charge >= 0.3 is 5.97 Å². The average Bonchev–Trinajstić information content (AvgIpc) is 2.72. The normalized spacial score (nSPS) is 11.7. The number of carbonyl (C=O) groups is 2. The van der Waals surface area contributed by atoms with Crippen LogP contribution < -0.4 is 5.32 Å². The quantitative estimate of drug-likeness (QED) is 0.644. The Morgan fingerprint density at radius 1 is 1.00 bits per heavy atom. The van der Waals surface area contributed by atoms with Crippen molar-refractivity contribution in [1.82, 2.24) is 10.3 Å². The fraction of sp³-hybridized carbons (Fsp3) is 0.227. The highest BCUT2D eigenvalue weighted by molar-refractivity contribution is 5.92. The molecule has 27 heavy (non-hydrogen) atoms. The molecule has 0 fully saturated rings. The van der Waals surface area contributed by atoms with E-state index in [0.717, 1.165) is 23.8 Å². The minimum Gasteiger partial charge on any atom is -0.451 e. The van der Waals surface area contributed by atoms with Crippen LogP contribution in [0.3, 0.4) is 0 Å². The van der Waals surface area contributed by atoms with Gasteiger partial charge in [0.2, 0.25) is 0 Å². The molecule has 2 aromatic carbocycles. The van der Waals surface area contributed by atoms with Crippen LogP contribution in [0.4, 0.5) is 0 Å². The van der Waals surface area contributed by atoms with Gasteiger partial charge in [0.15, 0.2) is 6.61 Å². The molecule has 3 aromatic rings. The van der Waals surface area contributed by atoms with E-state index in [4.69, 9.17) is 4.74 Å². The fourth-order valence-electron chi connectivity index (χ4n) is 2.92. The fourth-order valence-corrected chi connectivity index (χ4v) is 2.92. The molecule has 0 aliphatic rings. The van der Waals surface area contributed by atoms with Crippen LogP contribution in [0.15, 0.2) is 66.7 Å². The number of amides is 1. The second-order valence-electron chi connectivity index (χ2n) is 6.28. The molecule has 5 heteroatoms. The molecule has 138 valence electrons. The number of hydrogen-bond donors (Lipinski definition) is 1. The van der Waals surface area contributed by atoms with Gasteiger partial charge in [-0.15, -0.1) is 0 Å². The summed E-state index contributed by atoms with van der Waals surface area (Å²) in [5.41, 5.74) is 1.94. The molecule has 1 heterocycles. The molecule has 1 N–H and O–H groups in total. The van der Waals surface area contributed by atoms with Gasteiger partial charge in [-0.05, 0) is 24.1 Å². The number of pyridine rings is 1. The molecule has 5 nitrogen and oxygen atoms in total. The molecule has 0 aliphatic carbocycles. The maximum Gasteiger partial charge on any atom is 0.357 e. The maximum absolute atomic E-state index is 12.2. The van der Waals surface area contributed by atoms with E-state index in [0.29, 0.717) is 5.52 Å². The van der Waals surface area contributed by atoms with Gasteiger partial charge in [-0.1, -0.05) is 67.9 Å². The summed E-state index contributed by atoms with van der Waals surface area (Å²) in [6.45, 7) is 1.73. The first-order valence-corrected chi connectivity index (χ1v) is 9.04. The Hall–Kier alpha value is -3.21. The zero-order valence-electron chi connectivity index (χ0n) is 15.2. The Morgan fingerprint density at radius 2 is 1.74 bits per heavy atom. The summed E-state index contributed by atoms with van der Waals surface area (Å²) in [5, 5.41) is 3.88. The van der Waals surface area contributed by atoms with Crippen molar-refractivity contribution in [3.63, 3.8) is 0 Å². The largest absolute Gasteiger partial charge is 0.451 e. The van der Waals surface area contributed by atoms with E-state index in [-0.39, 0.29) is 24.2 Å². The van der Waals surface area contributed by atoms with E-state index in [1.807, 2.05) is 60.7 Å². The number of ether oxygens (including phenoxy) is 1. The van der Waals surface area contributed by atoms with E-state index in [9.17, 15) is 9.59 Å². The number of hydrogen-bond acceptors (Lipinski definition) is 4. The third kappa shape index (κ3) is 4.91. The van der Waals surface area contributed by atoms with E-state index in [1.165, 1.54) is 0 Å². The molecular weight excluding hydrogens is 340 g/mol. The minimum atomic E-state index is -0.609. The third-order valence-electron chi connectivity index (χ3n) is 4.26. The summed E-state index contributed by atoms with van der Waals surface area (Å²) in [6.07, 6.45) is 1.75. The lowest BCUT2D eigenvalue weighted by Crippen LogP contribution is -2.32. The molecular formula is C22H22N2O3. The third-order valence-corrected chi connectivity index (χ3v) is 4.26. The predicted octanol–water partition coefficient (Wildman–Crippen LogP) is 4.05. The molecule has 3 rings (SSSR count). The lowest BCUT2D eigenvalue weighted by atomic mass is 10.0. The molecule has 1 atom stereocenters. The minimum absolute atomic E-state index is 0.0961. The highest BCUT2D eigenvalue weighted by Gasteiger charge is 2.16. The first kappa shape index (κ1) is 18.6. The van der Waals surface area contributed by atoms with Crippen LogP contribution in [0, 0.1) is 0 Å². The molecule has 0 radical (unpaired) electrons.